The van der Waals surface area contributed by atoms with Gasteiger partial charge in [-0.15, -0.1) is 0 Å². The van der Waals surface area contributed by atoms with Crippen LogP contribution in [-0.2, 0) is 0 Å². The first-order valence-corrected chi connectivity index (χ1v) is 8.31. The van der Waals surface area contributed by atoms with Gasteiger partial charge in [-0.1, -0.05) is 48.5 Å². The zero-order valence-corrected chi connectivity index (χ0v) is 14.2. The van der Waals surface area contributed by atoms with E-state index >= 15 is 0 Å². The number of carbonyl (C=O) groups is 1. The Hall–Kier alpha value is -3.48. The summed E-state index contributed by atoms with van der Waals surface area (Å²) in [6.07, 6.45) is 3.38. The molecule has 0 spiro atoms. The monoisotopic (exact) mass is 347 g/mol. The van der Waals surface area contributed by atoms with Crippen molar-refractivity contribution in [2.24, 2.45) is 0 Å². The van der Waals surface area contributed by atoms with Crippen LogP contribution in [0.2, 0.25) is 0 Å². The summed E-state index contributed by atoms with van der Waals surface area (Å²) in [5.74, 6) is 0.726. The Morgan fingerprint density at radius 3 is 2.85 bits per heavy atom. The summed E-state index contributed by atoms with van der Waals surface area (Å²) in [5, 5.41) is 6.91. The number of rotatable bonds is 5. The van der Waals surface area contributed by atoms with Gasteiger partial charge < -0.3 is 9.84 Å². The molecular weight excluding hydrogens is 330 g/mol. The summed E-state index contributed by atoms with van der Waals surface area (Å²) in [4.78, 5) is 21.1. The third-order valence-corrected chi connectivity index (χ3v) is 4.11. The molecule has 0 aliphatic rings. The molecule has 3 aromatic heterocycles. The van der Waals surface area contributed by atoms with E-state index in [1.165, 1.54) is 0 Å². The number of fused-ring (bicyclic) bond motifs is 1. The molecule has 7 heteroatoms. The summed E-state index contributed by atoms with van der Waals surface area (Å²) < 4.78 is 7.09. The van der Waals surface area contributed by atoms with E-state index in [0.29, 0.717) is 24.0 Å². The predicted molar refractivity (Wildman–Crippen MR) is 95.7 cm³/mol. The van der Waals surface area contributed by atoms with Gasteiger partial charge >= 0.3 is 0 Å². The molecule has 1 atom stereocenters. The number of nitrogens with zero attached hydrogens (tertiary/aromatic N) is 4. The summed E-state index contributed by atoms with van der Waals surface area (Å²) in [7, 11) is 0. The summed E-state index contributed by atoms with van der Waals surface area (Å²) in [6, 6.07) is 15.2. The minimum Gasteiger partial charge on any atom is -0.350 e. The topological polar surface area (TPSA) is 85.3 Å². The molecule has 3 heterocycles. The smallest absolute Gasteiger partial charge is 0.269 e. The first-order chi connectivity index (χ1) is 12.7. The number of amides is 1. The van der Waals surface area contributed by atoms with E-state index in [0.717, 1.165) is 11.2 Å². The van der Waals surface area contributed by atoms with Crippen molar-refractivity contribution in [3.05, 3.63) is 72.5 Å². The second-order valence-corrected chi connectivity index (χ2v) is 6.01. The minimum absolute atomic E-state index is 0.108. The second-order valence-electron chi connectivity index (χ2n) is 6.01. The molecule has 1 amide bonds. The number of aromatic nitrogens is 4. The van der Waals surface area contributed by atoms with Gasteiger partial charge in [0.1, 0.15) is 11.3 Å². The van der Waals surface area contributed by atoms with Crippen molar-refractivity contribution in [3.8, 4) is 11.4 Å². The number of benzene rings is 1. The molecule has 1 aromatic carbocycles. The van der Waals surface area contributed by atoms with Crippen molar-refractivity contribution in [1.82, 2.24) is 24.8 Å². The normalized spacial score (nSPS) is 12.2. The lowest BCUT2D eigenvalue weighted by Crippen LogP contribution is -2.28. The lowest BCUT2D eigenvalue weighted by atomic mass is 10.1. The van der Waals surface area contributed by atoms with Gasteiger partial charge in [0.2, 0.25) is 11.7 Å². The fourth-order valence-corrected chi connectivity index (χ4v) is 2.66. The van der Waals surface area contributed by atoms with E-state index in [2.05, 4.69) is 20.4 Å². The van der Waals surface area contributed by atoms with Gasteiger partial charge in [0.15, 0.2) is 0 Å². The van der Waals surface area contributed by atoms with Gasteiger partial charge in [-0.3, -0.25) is 9.20 Å². The number of pyridine rings is 1. The van der Waals surface area contributed by atoms with E-state index in [9.17, 15) is 4.79 Å². The number of nitrogens with one attached hydrogen (secondary N) is 1. The van der Waals surface area contributed by atoms with Gasteiger partial charge in [-0.05, 0) is 12.1 Å². The number of carbonyl (C=O) groups excluding carboxylic acids is 1. The maximum atomic E-state index is 12.4. The number of hydrogen-bond acceptors (Lipinski definition) is 5. The molecule has 1 N–H and O–H groups in total. The van der Waals surface area contributed by atoms with E-state index in [-0.39, 0.29) is 11.8 Å². The predicted octanol–water partition coefficient (Wildman–Crippen LogP) is 2.92. The lowest BCUT2D eigenvalue weighted by Gasteiger charge is -2.08. The van der Waals surface area contributed by atoms with E-state index < -0.39 is 0 Å². The highest BCUT2D eigenvalue weighted by Crippen LogP contribution is 2.19. The summed E-state index contributed by atoms with van der Waals surface area (Å²) in [6.45, 7) is 2.31. The molecule has 0 saturated heterocycles. The van der Waals surface area contributed by atoms with Crippen LogP contribution in [0.5, 0.6) is 0 Å². The molecule has 7 nitrogen and oxygen atoms in total. The summed E-state index contributed by atoms with van der Waals surface area (Å²) >= 11 is 0. The van der Waals surface area contributed by atoms with Crippen LogP contribution in [0.15, 0.2) is 65.4 Å². The minimum atomic E-state index is -0.196. The third-order valence-electron chi connectivity index (χ3n) is 4.11. The van der Waals surface area contributed by atoms with Gasteiger partial charge in [0, 0.05) is 18.3 Å². The van der Waals surface area contributed by atoms with E-state index in [1.54, 1.807) is 10.6 Å². The molecule has 0 aliphatic carbocycles. The summed E-state index contributed by atoms with van der Waals surface area (Å²) in [5.41, 5.74) is 2.11. The van der Waals surface area contributed by atoms with Crippen LogP contribution in [0.3, 0.4) is 0 Å². The molecule has 26 heavy (non-hydrogen) atoms. The largest absolute Gasteiger partial charge is 0.350 e. The average Bonchev–Trinajstić information content (AvgIpc) is 3.34. The number of hydrogen-bond donors (Lipinski definition) is 1. The quantitative estimate of drug-likeness (QED) is 0.600. The molecular formula is C19H17N5O2. The SMILES string of the molecule is CC(CNC(=O)c1cnc2ccccn12)c1nc(-c2ccccc2)no1. The maximum Gasteiger partial charge on any atom is 0.269 e. The van der Waals surface area contributed by atoms with Crippen LogP contribution in [0.4, 0.5) is 0 Å². The van der Waals surface area contributed by atoms with Gasteiger partial charge in [0.05, 0.1) is 12.1 Å². The van der Waals surface area contributed by atoms with Gasteiger partial charge in [-0.2, -0.15) is 4.98 Å². The van der Waals surface area contributed by atoms with E-state index in [4.69, 9.17) is 4.52 Å². The Labute approximate surface area is 149 Å². The maximum absolute atomic E-state index is 12.4. The Bertz CT molecular complexity index is 1040. The van der Waals surface area contributed by atoms with Crippen LogP contribution in [-0.4, -0.2) is 32.0 Å². The third kappa shape index (κ3) is 3.06. The Balaban J connectivity index is 1.43. The van der Waals surface area contributed by atoms with Crippen LogP contribution in [0.1, 0.15) is 29.2 Å². The van der Waals surface area contributed by atoms with Crippen LogP contribution in [0.25, 0.3) is 17.0 Å². The van der Waals surface area contributed by atoms with Crippen LogP contribution in [0, 0.1) is 0 Å². The van der Waals surface area contributed by atoms with Crippen LogP contribution < -0.4 is 5.32 Å². The highest BCUT2D eigenvalue weighted by Gasteiger charge is 2.18. The molecule has 0 aliphatic heterocycles. The molecule has 0 fully saturated rings. The lowest BCUT2D eigenvalue weighted by molar-refractivity contribution is 0.0944. The molecule has 0 radical (unpaired) electrons. The average molecular weight is 347 g/mol. The molecule has 130 valence electrons. The fraction of sp³-hybridized carbons (Fsp3) is 0.158. The van der Waals surface area contributed by atoms with Gasteiger partial charge in [-0.25, -0.2) is 4.98 Å². The van der Waals surface area contributed by atoms with Crippen molar-refractivity contribution in [3.63, 3.8) is 0 Å². The van der Waals surface area contributed by atoms with Crippen molar-refractivity contribution >= 4 is 11.6 Å². The zero-order valence-electron chi connectivity index (χ0n) is 14.2. The number of imidazole rings is 1. The molecule has 1 unspecified atom stereocenters. The highest BCUT2D eigenvalue weighted by atomic mass is 16.5. The fourth-order valence-electron chi connectivity index (χ4n) is 2.66. The Morgan fingerprint density at radius 1 is 1.19 bits per heavy atom. The highest BCUT2D eigenvalue weighted by molar-refractivity contribution is 5.93. The Kier molecular flexibility index (Phi) is 4.18. The molecule has 0 bridgehead atoms. The second kappa shape index (κ2) is 6.79. The standard InChI is InChI=1S/C19H17N5O2/c1-13(19-22-17(23-26-19)14-7-3-2-4-8-14)11-21-18(25)15-12-20-16-9-5-6-10-24(15)16/h2-10,12-13H,11H2,1H3,(H,21,25). The molecule has 4 rings (SSSR count). The van der Waals surface area contributed by atoms with Gasteiger partial charge in [0.25, 0.3) is 5.91 Å². The van der Waals surface area contributed by atoms with Crippen LogP contribution >= 0.6 is 0 Å². The first-order valence-electron chi connectivity index (χ1n) is 8.31. The van der Waals surface area contributed by atoms with Crippen molar-refractivity contribution in [2.45, 2.75) is 12.8 Å². The zero-order chi connectivity index (χ0) is 17.9. The molecule has 4 aromatic rings. The molecule has 0 saturated carbocycles. The first kappa shape index (κ1) is 16.0. The van der Waals surface area contributed by atoms with Crippen molar-refractivity contribution in [2.75, 3.05) is 6.54 Å². The van der Waals surface area contributed by atoms with Crippen molar-refractivity contribution < 1.29 is 9.32 Å². The van der Waals surface area contributed by atoms with Crippen molar-refractivity contribution in [1.29, 1.82) is 0 Å². The Morgan fingerprint density at radius 2 is 2.00 bits per heavy atom. The van der Waals surface area contributed by atoms with E-state index in [1.807, 2.05) is 61.7 Å².